The first kappa shape index (κ1) is 53.2. The van der Waals surface area contributed by atoms with Crippen LogP contribution in [0.15, 0.2) is 107 Å². The van der Waals surface area contributed by atoms with Gasteiger partial charge in [-0.15, -0.1) is 0 Å². The second-order valence-electron chi connectivity index (χ2n) is 19.2. The number of rotatable bonds is 13. The number of ether oxygens (including phenoxy) is 2. The molecule has 2 fully saturated rings. The number of nitrogens with one attached hydrogen (secondary N) is 1. The Morgan fingerprint density at radius 2 is 1.07 bits per heavy atom. The van der Waals surface area contributed by atoms with Gasteiger partial charge in [-0.2, -0.15) is 21.9 Å². The summed E-state index contributed by atoms with van der Waals surface area (Å²) in [4.78, 5) is 48.2. The Morgan fingerprint density at radius 1 is 0.618 bits per heavy atom. The van der Waals surface area contributed by atoms with Crippen molar-refractivity contribution in [3.05, 3.63) is 141 Å². The minimum Gasteiger partial charge on any atom is -0.434 e. The molecule has 23 heteroatoms. The summed E-state index contributed by atoms with van der Waals surface area (Å²) in [5.41, 5.74) is 7.00. The van der Waals surface area contributed by atoms with Crippen LogP contribution in [0, 0.1) is 13.8 Å². The highest BCUT2D eigenvalue weighted by Crippen LogP contribution is 2.30. The normalized spacial score (nSPS) is 16.4. The number of anilines is 2. The van der Waals surface area contributed by atoms with Crippen molar-refractivity contribution < 1.29 is 35.5 Å². The lowest BCUT2D eigenvalue weighted by molar-refractivity contribution is -0.0511. The number of alkyl halides is 4. The molecule has 0 saturated carbocycles. The molecule has 4 aromatic heterocycles. The number of sulfonamides is 1. The van der Waals surface area contributed by atoms with Crippen molar-refractivity contribution >= 4 is 43.7 Å². The van der Waals surface area contributed by atoms with Crippen molar-refractivity contribution in [2.45, 2.75) is 66.1 Å². The van der Waals surface area contributed by atoms with E-state index in [9.17, 15) is 35.6 Å². The molecule has 2 aliphatic rings. The number of aromatic nitrogens is 8. The topological polar surface area (TPSA) is 180 Å². The first-order valence-corrected chi connectivity index (χ1v) is 26.4. The molecule has 2 saturated heterocycles. The number of hydrogen-bond acceptors (Lipinski definition) is 13. The zero-order valence-electron chi connectivity index (χ0n) is 43.0. The number of nitrogens with zero attached hydrogens (tertiary/aromatic N) is 11. The van der Waals surface area contributed by atoms with Crippen LogP contribution in [0.25, 0.3) is 44.1 Å². The van der Waals surface area contributed by atoms with Gasteiger partial charge in [0, 0.05) is 112 Å². The molecule has 0 aliphatic carbocycles. The maximum atomic E-state index is 13.0. The number of hydrogen-bond donors (Lipinski definition) is 1. The highest BCUT2D eigenvalue weighted by molar-refractivity contribution is 7.88. The van der Waals surface area contributed by atoms with Gasteiger partial charge < -0.3 is 24.6 Å². The van der Waals surface area contributed by atoms with Gasteiger partial charge in [-0.05, 0) is 75.2 Å². The molecule has 1 N–H and O–H groups in total. The van der Waals surface area contributed by atoms with Crippen LogP contribution in [-0.4, -0.2) is 122 Å². The lowest BCUT2D eigenvalue weighted by Crippen LogP contribution is -2.54. The first-order chi connectivity index (χ1) is 36.2. The molecule has 0 unspecified atom stereocenters. The molecule has 0 bridgehead atoms. The third-order valence-electron chi connectivity index (χ3n) is 13.7. The van der Waals surface area contributed by atoms with Crippen LogP contribution in [0.5, 0.6) is 11.5 Å². The summed E-state index contributed by atoms with van der Waals surface area (Å²) in [6.07, 6.45) is 8.17. The highest BCUT2D eigenvalue weighted by Gasteiger charge is 2.31. The van der Waals surface area contributed by atoms with E-state index < -0.39 is 23.2 Å². The molecule has 6 heterocycles. The lowest BCUT2D eigenvalue weighted by atomic mass is 10.1. The third kappa shape index (κ3) is 11.5. The van der Waals surface area contributed by atoms with Gasteiger partial charge in [-0.25, -0.2) is 28.4 Å². The number of piperazine rings is 2. The van der Waals surface area contributed by atoms with E-state index >= 15 is 0 Å². The zero-order chi connectivity index (χ0) is 54.2. The predicted molar refractivity (Wildman–Crippen MR) is 283 cm³/mol. The molecule has 2 atom stereocenters. The van der Waals surface area contributed by atoms with Gasteiger partial charge in [-0.3, -0.25) is 28.3 Å². The summed E-state index contributed by atoms with van der Waals surface area (Å²) in [6.45, 7) is 6.07. The van der Waals surface area contributed by atoms with Gasteiger partial charge in [-0.1, -0.05) is 47.5 Å². The third-order valence-corrected chi connectivity index (χ3v) is 15.1. The van der Waals surface area contributed by atoms with Crippen molar-refractivity contribution in [2.24, 2.45) is 14.1 Å². The molecule has 4 aromatic carbocycles. The van der Waals surface area contributed by atoms with Crippen molar-refractivity contribution in [3.63, 3.8) is 0 Å². The molecule has 0 amide bonds. The average molecular weight is 1070 g/mol. The summed E-state index contributed by atoms with van der Waals surface area (Å²) >= 11 is 0. The van der Waals surface area contributed by atoms with Crippen LogP contribution in [0.3, 0.4) is 0 Å². The molecule has 10 rings (SSSR count). The monoisotopic (exact) mass is 1070 g/mol. The predicted octanol–water partition coefficient (Wildman–Crippen LogP) is 6.78. The maximum Gasteiger partial charge on any atom is 0.387 e. The molecule has 400 valence electrons. The molecule has 0 spiro atoms. The van der Waals surface area contributed by atoms with E-state index in [0.717, 1.165) is 53.0 Å². The van der Waals surface area contributed by atoms with Crippen molar-refractivity contribution in [1.29, 1.82) is 0 Å². The van der Waals surface area contributed by atoms with E-state index in [1.54, 1.807) is 84.6 Å². The van der Waals surface area contributed by atoms with E-state index in [2.05, 4.69) is 37.1 Å². The Kier molecular flexibility index (Phi) is 15.3. The van der Waals surface area contributed by atoms with E-state index in [-0.39, 0.29) is 41.7 Å². The van der Waals surface area contributed by atoms with Crippen molar-refractivity contribution in [1.82, 2.24) is 48.3 Å². The van der Waals surface area contributed by atoms with Gasteiger partial charge >= 0.3 is 13.2 Å². The minimum absolute atomic E-state index is 0.0572. The second-order valence-corrected chi connectivity index (χ2v) is 21.2. The van der Waals surface area contributed by atoms with Crippen LogP contribution < -0.4 is 35.7 Å². The van der Waals surface area contributed by atoms with Gasteiger partial charge in [0.1, 0.15) is 11.5 Å². The number of halogens is 4. The van der Waals surface area contributed by atoms with Gasteiger partial charge in [0.05, 0.1) is 41.2 Å². The highest BCUT2D eigenvalue weighted by atomic mass is 32.2. The van der Waals surface area contributed by atoms with E-state index in [1.807, 2.05) is 49.9 Å². The van der Waals surface area contributed by atoms with Crippen LogP contribution in [0.2, 0.25) is 0 Å². The molecule has 76 heavy (non-hydrogen) atoms. The fraction of sp³-hybridized carbons (Fsp3) is 0.358. The standard InChI is InChI=1S/C27H30F2N6O4S.C26H28F2N6O2/c1-17-5-8-24(39-26(28)29)20(11-17)16-34-23-12-19(6-7-22(23)25(36)32(34)3)21-13-30-27(31-14-21)33-9-10-35(18(2)15-33)40(4,37)38;1-16-4-7-23(36-25(27)28)19(10-16)15-34-22-11-18(5-6-21(22)24(35)32(34)3)20-12-30-26(31-13-20)33-9-8-29-17(2)14-33/h5-8,11-14,18,26H,9-10,15-16H2,1-4H3;4-7,10-13,17,25,29H,8-9,14-15H2,1-3H3/t18-;17-/m00/s1. The summed E-state index contributed by atoms with van der Waals surface area (Å²) in [7, 11) is 0.0204. The van der Waals surface area contributed by atoms with Crippen molar-refractivity contribution in [2.75, 3.05) is 55.3 Å². The Bertz CT molecular complexity index is 3640. The SMILES string of the molecule is Cc1ccc(OC(F)F)c(Cn2c3cc(-c4cnc(N5CCN(S(C)(=O)=O)[C@@H](C)C5)nc4)ccc3c(=O)n2C)c1.Cc1ccc(OC(F)F)c(Cn2c3cc(-c4cnc(N5CCN[C@@H](C)C5)nc4)ccc3c(=O)n2C)c1. The molecular weight excluding hydrogens is 1010 g/mol. The smallest absolute Gasteiger partial charge is 0.387 e. The van der Waals surface area contributed by atoms with Crippen LogP contribution >= 0.6 is 0 Å². The number of benzene rings is 4. The Balaban J connectivity index is 0.000000187. The lowest BCUT2D eigenvalue weighted by Gasteiger charge is -2.38. The summed E-state index contributed by atoms with van der Waals surface area (Å²) in [5, 5.41) is 4.44. The van der Waals surface area contributed by atoms with Gasteiger partial charge in [0.25, 0.3) is 11.1 Å². The van der Waals surface area contributed by atoms with Crippen LogP contribution in [0.4, 0.5) is 29.5 Å². The van der Waals surface area contributed by atoms with E-state index in [1.165, 1.54) is 32.1 Å². The Labute approximate surface area is 435 Å². The molecular formula is C53H58F4N12O6S. The van der Waals surface area contributed by atoms with Crippen molar-refractivity contribution in [3.8, 4) is 33.8 Å². The molecule has 2 aliphatic heterocycles. The molecule has 8 aromatic rings. The summed E-state index contributed by atoms with van der Waals surface area (Å²) < 4.78 is 93.3. The Hall–Kier alpha value is -7.63. The minimum atomic E-state index is -3.28. The Morgan fingerprint density at radius 3 is 1.47 bits per heavy atom. The number of aryl methyl sites for hydroxylation is 2. The largest absolute Gasteiger partial charge is 0.434 e. The fourth-order valence-electron chi connectivity index (χ4n) is 9.89. The van der Waals surface area contributed by atoms with Crippen LogP contribution in [-0.2, 0) is 37.2 Å². The summed E-state index contributed by atoms with van der Waals surface area (Å²) in [6, 6.07) is 21.1. The van der Waals surface area contributed by atoms with Crippen LogP contribution in [0.1, 0.15) is 36.1 Å². The van der Waals surface area contributed by atoms with Gasteiger partial charge in [0.2, 0.25) is 21.9 Å². The maximum absolute atomic E-state index is 13.0. The second kappa shape index (κ2) is 21.9. The fourth-order valence-corrected chi connectivity index (χ4v) is 11.0. The molecule has 18 nitrogen and oxygen atoms in total. The van der Waals surface area contributed by atoms with E-state index in [0.29, 0.717) is 70.5 Å². The first-order valence-electron chi connectivity index (χ1n) is 24.5. The quantitative estimate of drug-likeness (QED) is 0.120. The van der Waals surface area contributed by atoms with Gasteiger partial charge in [0.15, 0.2) is 0 Å². The number of fused-ring (bicyclic) bond motifs is 2. The zero-order valence-corrected chi connectivity index (χ0v) is 43.8. The molecule has 0 radical (unpaired) electrons. The summed E-state index contributed by atoms with van der Waals surface area (Å²) in [5.74, 6) is 1.34. The average Bonchev–Trinajstić information content (AvgIpc) is 3.82. The van der Waals surface area contributed by atoms with E-state index in [4.69, 9.17) is 9.47 Å².